The van der Waals surface area contributed by atoms with Gasteiger partial charge in [-0.25, -0.2) is 17.9 Å². The van der Waals surface area contributed by atoms with Crippen LogP contribution in [-0.2, 0) is 14.8 Å². The Kier molecular flexibility index (Phi) is 4.95. The van der Waals surface area contributed by atoms with Crippen LogP contribution in [0.5, 0.6) is 0 Å². The highest BCUT2D eigenvalue weighted by molar-refractivity contribution is 7.89. The first-order valence-corrected chi connectivity index (χ1v) is 8.19. The minimum atomic E-state index is -3.87. The fourth-order valence-electron chi connectivity index (χ4n) is 2.22. The summed E-state index contributed by atoms with van der Waals surface area (Å²) >= 11 is 0. The normalized spacial score (nSPS) is 19.8. The van der Waals surface area contributed by atoms with E-state index in [-0.39, 0.29) is 16.7 Å². The Morgan fingerprint density at radius 3 is 2.80 bits per heavy atom. The molecule has 112 valence electrons. The van der Waals surface area contributed by atoms with Crippen molar-refractivity contribution in [2.45, 2.75) is 36.7 Å². The molecule has 2 rings (SSSR count). The van der Waals surface area contributed by atoms with Gasteiger partial charge >= 0.3 is 0 Å². The number of rotatable bonds is 5. The van der Waals surface area contributed by atoms with Gasteiger partial charge in [0.2, 0.25) is 10.0 Å². The van der Waals surface area contributed by atoms with Gasteiger partial charge in [-0.15, -0.1) is 0 Å². The Balaban J connectivity index is 1.90. The number of sulfonamides is 1. The van der Waals surface area contributed by atoms with Crippen molar-refractivity contribution in [2.24, 2.45) is 5.14 Å². The largest absolute Gasteiger partial charge is 0.383 e. The maximum atomic E-state index is 13.7. The predicted octanol–water partition coefficient (Wildman–Crippen LogP) is 1.84. The Hall–Kier alpha value is -1.18. The molecule has 1 saturated heterocycles. The van der Waals surface area contributed by atoms with E-state index in [0.717, 1.165) is 31.9 Å². The van der Waals surface area contributed by atoms with Crippen LogP contribution in [0, 0.1) is 5.82 Å². The molecule has 0 aliphatic carbocycles. The third kappa shape index (κ3) is 4.16. The predicted molar refractivity (Wildman–Crippen MR) is 74.5 cm³/mol. The van der Waals surface area contributed by atoms with E-state index in [1.807, 2.05) is 0 Å². The first-order chi connectivity index (χ1) is 9.47. The van der Waals surface area contributed by atoms with E-state index < -0.39 is 15.8 Å². The van der Waals surface area contributed by atoms with Crippen LogP contribution in [0.3, 0.4) is 0 Å². The van der Waals surface area contributed by atoms with E-state index in [4.69, 9.17) is 9.88 Å². The summed E-state index contributed by atoms with van der Waals surface area (Å²) in [5.74, 6) is -0.624. The summed E-state index contributed by atoms with van der Waals surface area (Å²) in [6.07, 6.45) is 4.34. The third-order valence-corrected chi connectivity index (χ3v) is 4.24. The first kappa shape index (κ1) is 15.2. The summed E-state index contributed by atoms with van der Waals surface area (Å²) in [5, 5.41) is 7.89. The summed E-state index contributed by atoms with van der Waals surface area (Å²) in [4.78, 5) is -0.226. The number of halogens is 1. The van der Waals surface area contributed by atoms with Gasteiger partial charge in [-0.05, 0) is 43.9 Å². The van der Waals surface area contributed by atoms with Crippen LogP contribution < -0.4 is 10.5 Å². The first-order valence-electron chi connectivity index (χ1n) is 6.64. The van der Waals surface area contributed by atoms with Gasteiger partial charge in [0.1, 0.15) is 5.82 Å². The van der Waals surface area contributed by atoms with Crippen LogP contribution in [0.1, 0.15) is 25.7 Å². The molecule has 0 amide bonds. The number of nitrogens with one attached hydrogen (secondary N) is 1. The van der Waals surface area contributed by atoms with Crippen LogP contribution in [0.2, 0.25) is 0 Å². The number of primary sulfonamides is 1. The van der Waals surface area contributed by atoms with E-state index in [1.165, 1.54) is 18.6 Å². The summed E-state index contributed by atoms with van der Waals surface area (Å²) in [6.45, 7) is 1.37. The number of hydrogen-bond donors (Lipinski definition) is 2. The highest BCUT2D eigenvalue weighted by atomic mass is 32.2. The second-order valence-corrected chi connectivity index (χ2v) is 6.45. The molecule has 1 aromatic carbocycles. The molecule has 3 N–H and O–H groups in total. The third-order valence-electron chi connectivity index (χ3n) is 3.32. The molecule has 1 unspecified atom stereocenters. The number of anilines is 1. The summed E-state index contributed by atoms with van der Waals surface area (Å²) in [7, 11) is -3.87. The van der Waals surface area contributed by atoms with Gasteiger partial charge in [-0.2, -0.15) is 0 Å². The van der Waals surface area contributed by atoms with Gasteiger partial charge in [0.05, 0.1) is 16.7 Å². The Bertz CT molecular complexity index is 557. The van der Waals surface area contributed by atoms with Gasteiger partial charge in [-0.3, -0.25) is 0 Å². The van der Waals surface area contributed by atoms with Gasteiger partial charge in [0.15, 0.2) is 0 Å². The van der Waals surface area contributed by atoms with Crippen LogP contribution in [-0.4, -0.2) is 27.7 Å². The standard InChI is InChI=1S/C13H19FN2O3S/c14-12-9-11(20(15,17)18)4-5-13(12)16-7-6-10-3-1-2-8-19-10/h4-5,9-10,16H,1-3,6-8H2,(H2,15,17,18). The van der Waals surface area contributed by atoms with E-state index in [0.29, 0.717) is 6.54 Å². The fourth-order valence-corrected chi connectivity index (χ4v) is 2.74. The van der Waals surface area contributed by atoms with Gasteiger partial charge < -0.3 is 10.1 Å². The molecule has 0 bridgehead atoms. The molecule has 1 aromatic rings. The van der Waals surface area contributed by atoms with Crippen molar-refractivity contribution in [3.05, 3.63) is 24.0 Å². The molecule has 1 aliphatic heterocycles. The maximum absolute atomic E-state index is 13.7. The van der Waals surface area contributed by atoms with Crippen molar-refractivity contribution in [2.75, 3.05) is 18.5 Å². The van der Waals surface area contributed by atoms with Crippen molar-refractivity contribution in [3.8, 4) is 0 Å². The number of benzene rings is 1. The highest BCUT2D eigenvalue weighted by Crippen LogP contribution is 2.19. The van der Waals surface area contributed by atoms with Gasteiger partial charge in [0.25, 0.3) is 0 Å². The van der Waals surface area contributed by atoms with Gasteiger partial charge in [-0.1, -0.05) is 0 Å². The molecule has 7 heteroatoms. The Morgan fingerprint density at radius 2 is 2.20 bits per heavy atom. The molecule has 0 radical (unpaired) electrons. The summed E-state index contributed by atoms with van der Waals surface area (Å²) in [5.41, 5.74) is 0.271. The van der Waals surface area contributed by atoms with Crippen molar-refractivity contribution in [1.82, 2.24) is 0 Å². The lowest BCUT2D eigenvalue weighted by atomic mass is 10.1. The molecule has 5 nitrogen and oxygen atoms in total. The number of nitrogens with two attached hydrogens (primary N) is 1. The van der Waals surface area contributed by atoms with Crippen LogP contribution in [0.15, 0.2) is 23.1 Å². The minimum Gasteiger partial charge on any atom is -0.383 e. The summed E-state index contributed by atoms with van der Waals surface area (Å²) in [6, 6.07) is 3.60. The van der Waals surface area contributed by atoms with Crippen molar-refractivity contribution in [1.29, 1.82) is 0 Å². The SMILES string of the molecule is NS(=O)(=O)c1ccc(NCCC2CCCCO2)c(F)c1. The quantitative estimate of drug-likeness (QED) is 0.869. The molecule has 1 fully saturated rings. The van der Waals surface area contributed by atoms with Crippen LogP contribution in [0.25, 0.3) is 0 Å². The van der Waals surface area contributed by atoms with E-state index in [9.17, 15) is 12.8 Å². The summed E-state index contributed by atoms with van der Waals surface area (Å²) < 4.78 is 41.5. The van der Waals surface area contributed by atoms with E-state index in [2.05, 4.69) is 5.32 Å². The monoisotopic (exact) mass is 302 g/mol. The van der Waals surface area contributed by atoms with E-state index in [1.54, 1.807) is 0 Å². The zero-order valence-electron chi connectivity index (χ0n) is 11.1. The molecule has 0 saturated carbocycles. The van der Waals surface area contributed by atoms with Crippen LogP contribution >= 0.6 is 0 Å². The Labute approximate surface area is 118 Å². The lowest BCUT2D eigenvalue weighted by Gasteiger charge is -2.22. The average Bonchev–Trinajstić information content (AvgIpc) is 2.40. The molecular weight excluding hydrogens is 283 g/mol. The van der Waals surface area contributed by atoms with Crippen molar-refractivity contribution >= 4 is 15.7 Å². The molecular formula is C13H19FN2O3S. The van der Waals surface area contributed by atoms with E-state index >= 15 is 0 Å². The van der Waals surface area contributed by atoms with Gasteiger partial charge in [0, 0.05) is 13.2 Å². The zero-order chi connectivity index (χ0) is 14.6. The zero-order valence-corrected chi connectivity index (χ0v) is 12.0. The minimum absolute atomic E-state index is 0.225. The van der Waals surface area contributed by atoms with Crippen molar-refractivity contribution < 1.29 is 17.5 Å². The number of hydrogen-bond acceptors (Lipinski definition) is 4. The Morgan fingerprint density at radius 1 is 1.40 bits per heavy atom. The fraction of sp³-hybridized carbons (Fsp3) is 0.538. The molecule has 0 aromatic heterocycles. The lowest BCUT2D eigenvalue weighted by molar-refractivity contribution is 0.0134. The second kappa shape index (κ2) is 6.51. The molecule has 1 atom stereocenters. The molecule has 1 heterocycles. The number of ether oxygens (including phenoxy) is 1. The molecule has 20 heavy (non-hydrogen) atoms. The highest BCUT2D eigenvalue weighted by Gasteiger charge is 2.14. The maximum Gasteiger partial charge on any atom is 0.238 e. The lowest BCUT2D eigenvalue weighted by Crippen LogP contribution is -2.22. The van der Waals surface area contributed by atoms with Crippen LogP contribution in [0.4, 0.5) is 10.1 Å². The average molecular weight is 302 g/mol. The topological polar surface area (TPSA) is 81.4 Å². The smallest absolute Gasteiger partial charge is 0.238 e. The second-order valence-electron chi connectivity index (χ2n) is 4.89. The molecule has 0 spiro atoms. The molecule has 1 aliphatic rings. The van der Waals surface area contributed by atoms with Crippen molar-refractivity contribution in [3.63, 3.8) is 0 Å².